The number of nitrogens with zero attached hydrogens (tertiary/aromatic N) is 3. The number of hydrogen-bond acceptors (Lipinski definition) is 3. The van der Waals surface area contributed by atoms with E-state index >= 15 is 0 Å². The monoisotopic (exact) mass is 322 g/mol. The number of halogens is 1. The molecule has 1 N–H and O–H groups in total. The van der Waals surface area contributed by atoms with Crippen molar-refractivity contribution in [1.82, 2.24) is 20.1 Å². The summed E-state index contributed by atoms with van der Waals surface area (Å²) in [5.74, 6) is 0. The SMILES string of the molecule is Cc1nn(Cc2ccc(Br)cn2)cc1CNC(C)C. The Balaban J connectivity index is 2.05. The molecule has 0 saturated carbocycles. The first-order valence-electron chi connectivity index (χ1n) is 6.41. The lowest BCUT2D eigenvalue weighted by Gasteiger charge is -2.06. The van der Waals surface area contributed by atoms with E-state index in [0.717, 1.165) is 22.4 Å². The molecule has 0 aliphatic rings. The Morgan fingerprint density at radius 3 is 2.79 bits per heavy atom. The van der Waals surface area contributed by atoms with Crippen molar-refractivity contribution in [2.24, 2.45) is 0 Å². The van der Waals surface area contributed by atoms with Gasteiger partial charge in [0, 0.05) is 35.0 Å². The van der Waals surface area contributed by atoms with Gasteiger partial charge in [-0.1, -0.05) is 13.8 Å². The lowest BCUT2D eigenvalue weighted by Crippen LogP contribution is -2.21. The standard InChI is InChI=1S/C14H19BrN4/c1-10(2)16-6-12-8-19(18-11(12)3)9-14-5-4-13(15)7-17-14/h4-5,7-8,10,16H,6,9H2,1-3H3. The van der Waals surface area contributed by atoms with Crippen LogP contribution >= 0.6 is 15.9 Å². The van der Waals surface area contributed by atoms with E-state index in [1.165, 1.54) is 5.56 Å². The molecule has 0 saturated heterocycles. The average Bonchev–Trinajstić information content (AvgIpc) is 2.70. The van der Waals surface area contributed by atoms with Gasteiger partial charge >= 0.3 is 0 Å². The molecule has 0 amide bonds. The Morgan fingerprint density at radius 2 is 2.16 bits per heavy atom. The Hall–Kier alpha value is -1.20. The second-order valence-corrected chi connectivity index (χ2v) is 5.86. The molecule has 0 aliphatic heterocycles. The molecule has 19 heavy (non-hydrogen) atoms. The normalized spacial score (nSPS) is 11.2. The van der Waals surface area contributed by atoms with Crippen molar-refractivity contribution in [3.05, 3.63) is 46.0 Å². The summed E-state index contributed by atoms with van der Waals surface area (Å²) in [6, 6.07) is 4.49. The Morgan fingerprint density at radius 1 is 1.37 bits per heavy atom. The minimum Gasteiger partial charge on any atom is -0.310 e. The molecule has 0 fully saturated rings. The van der Waals surface area contributed by atoms with Crippen LogP contribution in [0.2, 0.25) is 0 Å². The maximum atomic E-state index is 4.53. The zero-order valence-electron chi connectivity index (χ0n) is 11.5. The molecule has 2 rings (SSSR count). The highest BCUT2D eigenvalue weighted by Crippen LogP contribution is 2.10. The van der Waals surface area contributed by atoms with Gasteiger partial charge < -0.3 is 5.32 Å². The van der Waals surface area contributed by atoms with Crippen LogP contribution in [0.1, 0.15) is 30.8 Å². The van der Waals surface area contributed by atoms with E-state index in [1.54, 1.807) is 0 Å². The van der Waals surface area contributed by atoms with E-state index in [-0.39, 0.29) is 0 Å². The molecule has 0 aromatic carbocycles. The highest BCUT2D eigenvalue weighted by molar-refractivity contribution is 9.10. The van der Waals surface area contributed by atoms with Gasteiger partial charge in [0.25, 0.3) is 0 Å². The van der Waals surface area contributed by atoms with Crippen molar-refractivity contribution in [3.8, 4) is 0 Å². The Bertz CT molecular complexity index is 531. The van der Waals surface area contributed by atoms with E-state index in [1.807, 2.05) is 29.9 Å². The lowest BCUT2D eigenvalue weighted by molar-refractivity contribution is 0.587. The first kappa shape index (κ1) is 14.2. The summed E-state index contributed by atoms with van der Waals surface area (Å²) in [6.45, 7) is 7.90. The van der Waals surface area contributed by atoms with Crippen LogP contribution in [0.15, 0.2) is 29.0 Å². The van der Waals surface area contributed by atoms with Crippen molar-refractivity contribution >= 4 is 15.9 Å². The van der Waals surface area contributed by atoms with Crippen molar-refractivity contribution in [1.29, 1.82) is 0 Å². The van der Waals surface area contributed by atoms with E-state index in [4.69, 9.17) is 0 Å². The van der Waals surface area contributed by atoms with Gasteiger partial charge in [0.2, 0.25) is 0 Å². The van der Waals surface area contributed by atoms with Gasteiger partial charge in [-0.05, 0) is 35.0 Å². The maximum absolute atomic E-state index is 4.53. The van der Waals surface area contributed by atoms with Crippen LogP contribution in [0.3, 0.4) is 0 Å². The zero-order chi connectivity index (χ0) is 13.8. The molecule has 5 heteroatoms. The minimum atomic E-state index is 0.482. The quantitative estimate of drug-likeness (QED) is 0.920. The summed E-state index contributed by atoms with van der Waals surface area (Å²) in [7, 11) is 0. The summed E-state index contributed by atoms with van der Waals surface area (Å²) < 4.78 is 2.94. The number of aromatic nitrogens is 3. The number of hydrogen-bond donors (Lipinski definition) is 1. The van der Waals surface area contributed by atoms with Crippen molar-refractivity contribution in [2.45, 2.75) is 39.9 Å². The van der Waals surface area contributed by atoms with Crippen molar-refractivity contribution in [3.63, 3.8) is 0 Å². The Labute approximate surface area is 122 Å². The third kappa shape index (κ3) is 4.14. The number of rotatable bonds is 5. The molecule has 0 aliphatic carbocycles. The number of pyridine rings is 1. The summed E-state index contributed by atoms with van der Waals surface area (Å²) in [4.78, 5) is 4.36. The fraction of sp³-hybridized carbons (Fsp3) is 0.429. The maximum Gasteiger partial charge on any atom is 0.0831 e. The average molecular weight is 323 g/mol. The van der Waals surface area contributed by atoms with Crippen LogP contribution in [0.25, 0.3) is 0 Å². The summed E-state index contributed by atoms with van der Waals surface area (Å²) in [6.07, 6.45) is 3.90. The van der Waals surface area contributed by atoms with Gasteiger partial charge in [-0.15, -0.1) is 0 Å². The van der Waals surface area contributed by atoms with Gasteiger partial charge in [-0.25, -0.2) is 0 Å². The molecule has 0 atom stereocenters. The Kier molecular flexibility index (Phi) is 4.71. The van der Waals surface area contributed by atoms with Crippen LogP contribution in [-0.2, 0) is 13.1 Å². The second kappa shape index (κ2) is 6.30. The van der Waals surface area contributed by atoms with E-state index < -0.39 is 0 Å². The van der Waals surface area contributed by atoms with Crippen LogP contribution in [0.4, 0.5) is 0 Å². The van der Waals surface area contributed by atoms with Gasteiger partial charge in [0.15, 0.2) is 0 Å². The molecule has 2 heterocycles. The summed E-state index contributed by atoms with van der Waals surface area (Å²) >= 11 is 3.39. The molecule has 0 unspecified atom stereocenters. The number of nitrogens with one attached hydrogen (secondary N) is 1. The number of aryl methyl sites for hydroxylation is 1. The van der Waals surface area contributed by atoms with Crippen molar-refractivity contribution < 1.29 is 0 Å². The molecule has 2 aromatic rings. The van der Waals surface area contributed by atoms with Crippen LogP contribution in [0, 0.1) is 6.92 Å². The molecule has 2 aromatic heterocycles. The first-order valence-corrected chi connectivity index (χ1v) is 7.20. The lowest BCUT2D eigenvalue weighted by atomic mass is 10.2. The summed E-state index contributed by atoms with van der Waals surface area (Å²) in [5.41, 5.74) is 3.32. The smallest absolute Gasteiger partial charge is 0.0831 e. The molecule has 0 bridgehead atoms. The highest BCUT2D eigenvalue weighted by Gasteiger charge is 2.06. The molecule has 0 radical (unpaired) electrons. The van der Waals surface area contributed by atoms with Crippen LogP contribution in [0.5, 0.6) is 0 Å². The molecular formula is C14H19BrN4. The fourth-order valence-corrected chi connectivity index (χ4v) is 2.03. The highest BCUT2D eigenvalue weighted by atomic mass is 79.9. The molecule has 4 nitrogen and oxygen atoms in total. The minimum absolute atomic E-state index is 0.482. The van der Waals surface area contributed by atoms with Gasteiger partial charge in [0.05, 0.1) is 17.9 Å². The van der Waals surface area contributed by atoms with Crippen LogP contribution < -0.4 is 5.32 Å². The zero-order valence-corrected chi connectivity index (χ0v) is 13.1. The molecule has 0 spiro atoms. The van der Waals surface area contributed by atoms with E-state index in [9.17, 15) is 0 Å². The second-order valence-electron chi connectivity index (χ2n) is 4.94. The third-order valence-corrected chi connectivity index (χ3v) is 3.33. The third-order valence-electron chi connectivity index (χ3n) is 2.86. The van der Waals surface area contributed by atoms with Gasteiger partial charge in [-0.3, -0.25) is 9.67 Å². The van der Waals surface area contributed by atoms with E-state index in [2.05, 4.69) is 51.4 Å². The van der Waals surface area contributed by atoms with Gasteiger partial charge in [0.1, 0.15) is 0 Å². The first-order chi connectivity index (χ1) is 9.04. The largest absolute Gasteiger partial charge is 0.310 e. The van der Waals surface area contributed by atoms with Gasteiger partial charge in [-0.2, -0.15) is 5.10 Å². The van der Waals surface area contributed by atoms with Crippen LogP contribution in [-0.4, -0.2) is 20.8 Å². The van der Waals surface area contributed by atoms with E-state index in [0.29, 0.717) is 12.6 Å². The van der Waals surface area contributed by atoms with Crippen molar-refractivity contribution in [2.75, 3.05) is 0 Å². The molecule has 102 valence electrons. The predicted molar refractivity (Wildman–Crippen MR) is 80.0 cm³/mol. The molecular weight excluding hydrogens is 304 g/mol. The summed E-state index contributed by atoms with van der Waals surface area (Å²) in [5, 5.41) is 7.94. The predicted octanol–water partition coefficient (Wildman–Crippen LogP) is 2.90. The fourth-order valence-electron chi connectivity index (χ4n) is 1.79. The topological polar surface area (TPSA) is 42.7 Å².